The first-order chi connectivity index (χ1) is 13.3. The summed E-state index contributed by atoms with van der Waals surface area (Å²) in [6.07, 6.45) is 0.564. The molecule has 10 heteroatoms. The van der Waals surface area contributed by atoms with Crippen molar-refractivity contribution in [2.45, 2.75) is 13.3 Å². The third-order valence-electron chi connectivity index (χ3n) is 4.11. The standard InChI is InChI=1S/C18H22N4O6/c1-4-9-21(10-14(23)19-12-7-5-6-8-13(12)28-3)15(24)11-22-17(26)16(25)20(2)18(22)27/h5-8H,4,9-11H2,1-3H3,(H,19,23). The molecule has 1 fully saturated rings. The zero-order valence-electron chi connectivity index (χ0n) is 15.9. The Labute approximate surface area is 162 Å². The van der Waals surface area contributed by atoms with Gasteiger partial charge in [-0.25, -0.2) is 9.69 Å². The zero-order chi connectivity index (χ0) is 20.8. The summed E-state index contributed by atoms with van der Waals surface area (Å²) < 4.78 is 5.17. The summed E-state index contributed by atoms with van der Waals surface area (Å²) in [5.74, 6) is -2.65. The van der Waals surface area contributed by atoms with Gasteiger partial charge in [0.1, 0.15) is 12.3 Å². The fraction of sp³-hybridized carbons (Fsp3) is 0.389. The normalized spacial score (nSPS) is 13.8. The Morgan fingerprint density at radius 1 is 1.14 bits per heavy atom. The number of imide groups is 2. The van der Waals surface area contributed by atoms with Crippen molar-refractivity contribution in [3.05, 3.63) is 24.3 Å². The van der Waals surface area contributed by atoms with Gasteiger partial charge in [0.2, 0.25) is 11.8 Å². The number of hydrogen-bond donors (Lipinski definition) is 1. The molecule has 1 aliphatic rings. The van der Waals surface area contributed by atoms with Crippen LogP contribution in [-0.2, 0) is 19.2 Å². The quantitative estimate of drug-likeness (QED) is 0.504. The SMILES string of the molecule is CCCN(CC(=O)Nc1ccccc1OC)C(=O)CN1C(=O)C(=O)N(C)C1=O. The molecule has 28 heavy (non-hydrogen) atoms. The summed E-state index contributed by atoms with van der Waals surface area (Å²) >= 11 is 0. The van der Waals surface area contributed by atoms with Crippen LogP contribution in [0.15, 0.2) is 24.3 Å². The van der Waals surface area contributed by atoms with E-state index in [-0.39, 0.29) is 13.1 Å². The number of carbonyl (C=O) groups is 5. The van der Waals surface area contributed by atoms with Crippen LogP contribution in [0.25, 0.3) is 0 Å². The number of nitrogens with zero attached hydrogens (tertiary/aromatic N) is 3. The summed E-state index contributed by atoms with van der Waals surface area (Å²) in [6.45, 7) is 1.19. The Bertz CT molecular complexity index is 809. The van der Waals surface area contributed by atoms with Crippen molar-refractivity contribution in [2.24, 2.45) is 0 Å². The monoisotopic (exact) mass is 390 g/mol. The first-order valence-corrected chi connectivity index (χ1v) is 8.64. The van der Waals surface area contributed by atoms with Gasteiger partial charge in [0.25, 0.3) is 0 Å². The van der Waals surface area contributed by atoms with Gasteiger partial charge < -0.3 is 15.0 Å². The molecule has 1 aliphatic heterocycles. The number of para-hydroxylation sites is 2. The lowest BCUT2D eigenvalue weighted by Crippen LogP contribution is -2.46. The van der Waals surface area contributed by atoms with Gasteiger partial charge in [-0.2, -0.15) is 0 Å². The molecule has 0 bridgehead atoms. The van der Waals surface area contributed by atoms with Crippen LogP contribution in [0, 0.1) is 0 Å². The van der Waals surface area contributed by atoms with E-state index in [9.17, 15) is 24.0 Å². The highest BCUT2D eigenvalue weighted by Gasteiger charge is 2.43. The Hall–Kier alpha value is -3.43. The molecule has 0 aromatic heterocycles. The smallest absolute Gasteiger partial charge is 0.334 e. The maximum absolute atomic E-state index is 12.5. The number of likely N-dealkylation sites (N-methyl/N-ethyl adjacent to an activating group) is 1. The highest BCUT2D eigenvalue weighted by Crippen LogP contribution is 2.22. The summed E-state index contributed by atoms with van der Waals surface area (Å²) in [5, 5.41) is 2.66. The van der Waals surface area contributed by atoms with Crippen LogP contribution in [0.3, 0.4) is 0 Å². The van der Waals surface area contributed by atoms with E-state index < -0.39 is 36.2 Å². The number of ether oxygens (including phenoxy) is 1. The number of methoxy groups -OCH3 is 1. The molecule has 1 aromatic rings. The largest absolute Gasteiger partial charge is 0.495 e. The Kier molecular flexibility index (Phi) is 6.69. The van der Waals surface area contributed by atoms with Crippen LogP contribution in [0.4, 0.5) is 10.5 Å². The van der Waals surface area contributed by atoms with Gasteiger partial charge in [0, 0.05) is 13.6 Å². The highest BCUT2D eigenvalue weighted by atomic mass is 16.5. The second kappa shape index (κ2) is 8.98. The van der Waals surface area contributed by atoms with Crippen molar-refractivity contribution in [1.82, 2.24) is 14.7 Å². The van der Waals surface area contributed by atoms with Gasteiger partial charge in [0.05, 0.1) is 19.3 Å². The third-order valence-corrected chi connectivity index (χ3v) is 4.11. The van der Waals surface area contributed by atoms with Gasteiger partial charge in [0.15, 0.2) is 0 Å². The second-order valence-corrected chi connectivity index (χ2v) is 6.10. The fourth-order valence-electron chi connectivity index (χ4n) is 2.66. The number of hydrogen-bond acceptors (Lipinski definition) is 6. The van der Waals surface area contributed by atoms with E-state index in [1.165, 1.54) is 12.0 Å². The first kappa shape index (κ1) is 20.9. The average molecular weight is 390 g/mol. The second-order valence-electron chi connectivity index (χ2n) is 6.10. The molecule has 0 unspecified atom stereocenters. The number of urea groups is 1. The van der Waals surface area contributed by atoms with Crippen molar-refractivity contribution in [3.63, 3.8) is 0 Å². The predicted octanol–water partition coefficient (Wildman–Crippen LogP) is 0.293. The maximum Gasteiger partial charge on any atom is 0.334 e. The molecule has 0 spiro atoms. The number of carbonyl (C=O) groups excluding carboxylic acids is 5. The van der Waals surface area contributed by atoms with Crippen LogP contribution in [0.1, 0.15) is 13.3 Å². The lowest BCUT2D eigenvalue weighted by molar-refractivity contribution is -0.144. The average Bonchev–Trinajstić information content (AvgIpc) is 2.85. The molecule has 10 nitrogen and oxygen atoms in total. The summed E-state index contributed by atoms with van der Waals surface area (Å²) in [4.78, 5) is 62.7. The van der Waals surface area contributed by atoms with E-state index in [0.29, 0.717) is 27.7 Å². The summed E-state index contributed by atoms with van der Waals surface area (Å²) in [5.41, 5.74) is 0.455. The molecule has 1 N–H and O–H groups in total. The summed E-state index contributed by atoms with van der Waals surface area (Å²) in [7, 11) is 2.64. The maximum atomic E-state index is 12.5. The Balaban J connectivity index is 2.05. The molecule has 150 valence electrons. The molecule has 1 heterocycles. The number of rotatable bonds is 8. The minimum absolute atomic E-state index is 0.248. The minimum Gasteiger partial charge on any atom is -0.495 e. The molecule has 0 saturated carbocycles. The number of nitrogens with one attached hydrogen (secondary N) is 1. The van der Waals surface area contributed by atoms with Crippen LogP contribution in [0.5, 0.6) is 5.75 Å². The zero-order valence-corrected chi connectivity index (χ0v) is 15.9. The van der Waals surface area contributed by atoms with Gasteiger partial charge in [-0.1, -0.05) is 19.1 Å². The van der Waals surface area contributed by atoms with Gasteiger partial charge in [-0.3, -0.25) is 24.1 Å². The molecule has 1 saturated heterocycles. The van der Waals surface area contributed by atoms with Crippen molar-refractivity contribution >= 4 is 35.3 Å². The number of anilines is 1. The lowest BCUT2D eigenvalue weighted by atomic mass is 10.3. The van der Waals surface area contributed by atoms with E-state index in [0.717, 1.165) is 7.05 Å². The lowest BCUT2D eigenvalue weighted by Gasteiger charge is -2.23. The predicted molar refractivity (Wildman–Crippen MR) is 98.4 cm³/mol. The van der Waals surface area contributed by atoms with Crippen molar-refractivity contribution in [1.29, 1.82) is 0 Å². The molecule has 2 rings (SSSR count). The number of amides is 6. The van der Waals surface area contributed by atoms with E-state index in [1.807, 2.05) is 6.92 Å². The molecular weight excluding hydrogens is 368 g/mol. The molecule has 1 aromatic carbocycles. The van der Waals surface area contributed by atoms with E-state index in [2.05, 4.69) is 5.32 Å². The topological polar surface area (TPSA) is 116 Å². The van der Waals surface area contributed by atoms with E-state index in [1.54, 1.807) is 24.3 Å². The van der Waals surface area contributed by atoms with Crippen molar-refractivity contribution in [3.8, 4) is 5.75 Å². The van der Waals surface area contributed by atoms with Gasteiger partial charge in [-0.05, 0) is 18.6 Å². The van der Waals surface area contributed by atoms with Crippen LogP contribution in [0.2, 0.25) is 0 Å². The van der Waals surface area contributed by atoms with Gasteiger partial charge in [-0.15, -0.1) is 0 Å². The highest BCUT2D eigenvalue weighted by molar-refractivity contribution is 6.44. The van der Waals surface area contributed by atoms with Crippen LogP contribution < -0.4 is 10.1 Å². The van der Waals surface area contributed by atoms with Crippen molar-refractivity contribution < 1.29 is 28.7 Å². The molecular formula is C18H22N4O6. The molecule has 0 aliphatic carbocycles. The van der Waals surface area contributed by atoms with E-state index in [4.69, 9.17) is 4.74 Å². The Morgan fingerprint density at radius 3 is 2.39 bits per heavy atom. The molecule has 6 amide bonds. The minimum atomic E-state index is -1.06. The van der Waals surface area contributed by atoms with Crippen LogP contribution >= 0.6 is 0 Å². The van der Waals surface area contributed by atoms with Crippen LogP contribution in [-0.4, -0.2) is 78.2 Å². The van der Waals surface area contributed by atoms with E-state index >= 15 is 0 Å². The van der Waals surface area contributed by atoms with Crippen molar-refractivity contribution in [2.75, 3.05) is 39.1 Å². The first-order valence-electron chi connectivity index (χ1n) is 8.64. The number of benzene rings is 1. The fourth-order valence-corrected chi connectivity index (χ4v) is 2.66. The molecule has 0 atom stereocenters. The molecule has 0 radical (unpaired) electrons. The van der Waals surface area contributed by atoms with Gasteiger partial charge >= 0.3 is 17.8 Å². The summed E-state index contributed by atoms with van der Waals surface area (Å²) in [6, 6.07) is 5.96. The Morgan fingerprint density at radius 2 is 1.82 bits per heavy atom. The third kappa shape index (κ3) is 4.45.